The van der Waals surface area contributed by atoms with Crippen molar-refractivity contribution in [3.63, 3.8) is 0 Å². The predicted molar refractivity (Wildman–Crippen MR) is 69.8 cm³/mol. The Balaban J connectivity index is 2.18. The molecule has 1 fully saturated rings. The zero-order chi connectivity index (χ0) is 11.8. The first-order valence-corrected chi connectivity index (χ1v) is 6.60. The smallest absolute Gasteiger partial charge is 0.148 e. The molecule has 0 spiro atoms. The summed E-state index contributed by atoms with van der Waals surface area (Å²) >= 11 is 9.34. The van der Waals surface area contributed by atoms with Gasteiger partial charge < -0.3 is 5.32 Å². The Morgan fingerprint density at radius 1 is 1.50 bits per heavy atom. The van der Waals surface area contributed by atoms with Crippen LogP contribution in [0.1, 0.15) is 33.1 Å². The molecule has 5 heteroatoms. The van der Waals surface area contributed by atoms with Crippen molar-refractivity contribution >= 4 is 33.3 Å². The molecule has 88 valence electrons. The molecule has 0 radical (unpaired) electrons. The zero-order valence-corrected chi connectivity index (χ0v) is 11.8. The quantitative estimate of drug-likeness (QED) is 0.843. The third-order valence-electron chi connectivity index (χ3n) is 3.32. The Bertz CT molecular complexity index is 395. The third kappa shape index (κ3) is 2.33. The van der Waals surface area contributed by atoms with Gasteiger partial charge in [0.2, 0.25) is 0 Å². The van der Waals surface area contributed by atoms with Crippen molar-refractivity contribution < 1.29 is 0 Å². The number of anilines is 1. The molecular weight excluding hydrogens is 289 g/mol. The van der Waals surface area contributed by atoms with Gasteiger partial charge in [0.25, 0.3) is 0 Å². The van der Waals surface area contributed by atoms with E-state index in [9.17, 15) is 0 Å². The van der Waals surface area contributed by atoms with Gasteiger partial charge in [-0.3, -0.25) is 0 Å². The van der Waals surface area contributed by atoms with E-state index in [1.165, 1.54) is 25.6 Å². The summed E-state index contributed by atoms with van der Waals surface area (Å²) in [6.07, 6.45) is 5.18. The molecule has 0 aromatic carbocycles. The van der Waals surface area contributed by atoms with Crippen LogP contribution in [0.2, 0.25) is 5.15 Å². The van der Waals surface area contributed by atoms with Crippen molar-refractivity contribution in [2.75, 3.05) is 5.32 Å². The van der Waals surface area contributed by atoms with Crippen molar-refractivity contribution in [3.05, 3.63) is 16.0 Å². The lowest BCUT2D eigenvalue weighted by Gasteiger charge is -2.28. The Labute approximate surface area is 109 Å². The fourth-order valence-electron chi connectivity index (χ4n) is 2.21. The van der Waals surface area contributed by atoms with Gasteiger partial charge in [-0.15, -0.1) is 0 Å². The monoisotopic (exact) mass is 303 g/mol. The summed E-state index contributed by atoms with van der Waals surface area (Å²) in [6.45, 7) is 4.57. The SMILES string of the molecule is CC1(C)CCCC1Nc1ncnc(Cl)c1Br. The molecule has 16 heavy (non-hydrogen) atoms. The number of nitrogens with one attached hydrogen (secondary N) is 1. The third-order valence-corrected chi connectivity index (χ3v) is 4.58. The minimum atomic E-state index is 0.316. The molecular formula is C11H15BrClN3. The first kappa shape index (κ1) is 12.1. The molecule has 0 aliphatic heterocycles. The van der Waals surface area contributed by atoms with Crippen LogP contribution >= 0.6 is 27.5 Å². The molecule has 1 unspecified atom stereocenters. The highest BCUT2D eigenvalue weighted by Crippen LogP contribution is 2.40. The van der Waals surface area contributed by atoms with Crippen LogP contribution in [0.3, 0.4) is 0 Å². The van der Waals surface area contributed by atoms with E-state index in [1.807, 2.05) is 0 Å². The van der Waals surface area contributed by atoms with E-state index in [4.69, 9.17) is 11.6 Å². The average molecular weight is 305 g/mol. The first-order valence-electron chi connectivity index (χ1n) is 5.43. The van der Waals surface area contributed by atoms with E-state index >= 15 is 0 Å². The van der Waals surface area contributed by atoms with Gasteiger partial charge in [0.05, 0.1) is 4.47 Å². The lowest BCUT2D eigenvalue weighted by molar-refractivity contribution is 0.349. The predicted octanol–water partition coefficient (Wildman–Crippen LogP) is 3.88. The summed E-state index contributed by atoms with van der Waals surface area (Å²) in [4.78, 5) is 8.13. The number of hydrogen-bond donors (Lipinski definition) is 1. The second-order valence-electron chi connectivity index (χ2n) is 4.90. The van der Waals surface area contributed by atoms with Crippen molar-refractivity contribution in [2.45, 2.75) is 39.2 Å². The van der Waals surface area contributed by atoms with Gasteiger partial charge in [0.1, 0.15) is 17.3 Å². The van der Waals surface area contributed by atoms with E-state index in [0.29, 0.717) is 16.6 Å². The molecule has 1 aromatic heterocycles. The number of hydrogen-bond acceptors (Lipinski definition) is 3. The molecule has 1 aromatic rings. The molecule has 1 N–H and O–H groups in total. The fourth-order valence-corrected chi connectivity index (χ4v) is 2.66. The molecule has 1 saturated carbocycles. The Morgan fingerprint density at radius 2 is 2.25 bits per heavy atom. The highest BCUT2D eigenvalue weighted by atomic mass is 79.9. The Hall–Kier alpha value is -0.350. The van der Waals surface area contributed by atoms with Gasteiger partial charge in [-0.05, 0) is 34.2 Å². The van der Waals surface area contributed by atoms with E-state index in [-0.39, 0.29) is 0 Å². The lowest BCUT2D eigenvalue weighted by Crippen LogP contribution is -2.31. The van der Waals surface area contributed by atoms with Crippen LogP contribution in [0.4, 0.5) is 5.82 Å². The summed E-state index contributed by atoms with van der Waals surface area (Å²) in [6, 6.07) is 0.453. The highest BCUT2D eigenvalue weighted by molar-refractivity contribution is 9.10. The second kappa shape index (κ2) is 4.49. The summed E-state index contributed by atoms with van der Waals surface area (Å²) in [7, 11) is 0. The van der Waals surface area contributed by atoms with E-state index in [2.05, 4.69) is 45.1 Å². The first-order chi connectivity index (χ1) is 7.50. The molecule has 0 amide bonds. The maximum atomic E-state index is 5.93. The Morgan fingerprint density at radius 3 is 2.88 bits per heavy atom. The van der Waals surface area contributed by atoms with Gasteiger partial charge in [-0.1, -0.05) is 31.9 Å². The maximum Gasteiger partial charge on any atom is 0.148 e. The summed E-state index contributed by atoms with van der Waals surface area (Å²) in [5, 5.41) is 3.91. The molecule has 1 aliphatic rings. The average Bonchev–Trinajstić information content (AvgIpc) is 2.54. The van der Waals surface area contributed by atoms with Crippen LogP contribution in [0, 0.1) is 5.41 Å². The fraction of sp³-hybridized carbons (Fsp3) is 0.636. The van der Waals surface area contributed by atoms with Gasteiger partial charge in [0.15, 0.2) is 0 Å². The number of nitrogens with zero attached hydrogens (tertiary/aromatic N) is 2. The summed E-state index contributed by atoms with van der Waals surface area (Å²) in [5.41, 5.74) is 0.316. The minimum absolute atomic E-state index is 0.316. The molecule has 2 rings (SSSR count). The highest BCUT2D eigenvalue weighted by Gasteiger charge is 2.34. The number of rotatable bonds is 2. The number of halogens is 2. The maximum absolute atomic E-state index is 5.93. The standard InChI is InChI=1S/C11H15BrClN3/c1-11(2)5-3-4-7(11)16-10-8(12)9(13)14-6-15-10/h6-7H,3-5H2,1-2H3,(H,14,15,16). The zero-order valence-electron chi connectivity index (χ0n) is 9.43. The normalized spacial score (nSPS) is 23.4. The van der Waals surface area contributed by atoms with E-state index in [1.54, 1.807) is 0 Å². The summed E-state index contributed by atoms with van der Waals surface area (Å²) in [5.74, 6) is 0.792. The molecule has 0 saturated heterocycles. The van der Waals surface area contributed by atoms with Crippen molar-refractivity contribution in [2.24, 2.45) is 5.41 Å². The van der Waals surface area contributed by atoms with Crippen LogP contribution in [0.15, 0.2) is 10.8 Å². The molecule has 1 heterocycles. The van der Waals surface area contributed by atoms with Crippen LogP contribution in [0.5, 0.6) is 0 Å². The van der Waals surface area contributed by atoms with Crippen LogP contribution < -0.4 is 5.32 Å². The minimum Gasteiger partial charge on any atom is -0.366 e. The molecule has 3 nitrogen and oxygen atoms in total. The van der Waals surface area contributed by atoms with Gasteiger partial charge in [-0.25, -0.2) is 9.97 Å². The van der Waals surface area contributed by atoms with Gasteiger partial charge in [-0.2, -0.15) is 0 Å². The molecule has 1 atom stereocenters. The second-order valence-corrected chi connectivity index (χ2v) is 6.06. The largest absolute Gasteiger partial charge is 0.366 e. The lowest BCUT2D eigenvalue weighted by atomic mass is 9.87. The summed E-state index contributed by atoms with van der Waals surface area (Å²) < 4.78 is 0.749. The van der Waals surface area contributed by atoms with E-state index in [0.717, 1.165) is 10.3 Å². The van der Waals surface area contributed by atoms with Crippen molar-refractivity contribution in [3.8, 4) is 0 Å². The molecule has 1 aliphatic carbocycles. The van der Waals surface area contributed by atoms with Crippen LogP contribution in [-0.2, 0) is 0 Å². The van der Waals surface area contributed by atoms with Gasteiger partial charge in [0, 0.05) is 6.04 Å². The van der Waals surface area contributed by atoms with Gasteiger partial charge >= 0.3 is 0 Å². The number of aromatic nitrogens is 2. The van der Waals surface area contributed by atoms with Crippen molar-refractivity contribution in [1.29, 1.82) is 0 Å². The van der Waals surface area contributed by atoms with Crippen LogP contribution in [0.25, 0.3) is 0 Å². The van der Waals surface area contributed by atoms with Crippen molar-refractivity contribution in [1.82, 2.24) is 9.97 Å². The molecule has 0 bridgehead atoms. The van der Waals surface area contributed by atoms with E-state index < -0.39 is 0 Å². The Kier molecular flexibility index (Phi) is 3.40. The topological polar surface area (TPSA) is 37.8 Å². The van der Waals surface area contributed by atoms with Crippen LogP contribution in [-0.4, -0.2) is 16.0 Å².